The minimum atomic E-state index is -1.03. The van der Waals surface area contributed by atoms with Crippen molar-refractivity contribution in [3.63, 3.8) is 0 Å². The van der Waals surface area contributed by atoms with Crippen molar-refractivity contribution in [2.75, 3.05) is 28.4 Å². The van der Waals surface area contributed by atoms with E-state index in [0.29, 0.717) is 0 Å². The molecule has 5 heteroatoms. The van der Waals surface area contributed by atoms with E-state index in [-0.39, 0.29) is 0 Å². The third-order valence-corrected chi connectivity index (χ3v) is 9.24. The SMILES string of the molecule is COc1cccc(OC)c1-c1cccc(-c2c(OC)cccc2OC)c1P(c1ccccc1)c1ccccc1. The van der Waals surface area contributed by atoms with Gasteiger partial charge in [0.25, 0.3) is 0 Å². The highest BCUT2D eigenvalue weighted by Crippen LogP contribution is 2.48. The molecule has 0 saturated heterocycles. The summed E-state index contributed by atoms with van der Waals surface area (Å²) in [5, 5.41) is 3.63. The van der Waals surface area contributed by atoms with Gasteiger partial charge in [-0.2, -0.15) is 0 Å². The second kappa shape index (κ2) is 12.1. The topological polar surface area (TPSA) is 36.9 Å². The molecule has 39 heavy (non-hydrogen) atoms. The number of rotatable bonds is 9. The van der Waals surface area contributed by atoms with Crippen LogP contribution >= 0.6 is 7.92 Å². The van der Waals surface area contributed by atoms with Gasteiger partial charge in [0.05, 0.1) is 39.6 Å². The number of hydrogen-bond acceptors (Lipinski definition) is 4. The molecule has 5 aromatic rings. The Morgan fingerprint density at radius 1 is 0.385 bits per heavy atom. The lowest BCUT2D eigenvalue weighted by Crippen LogP contribution is -2.24. The molecular formula is C34H31O4P. The highest BCUT2D eigenvalue weighted by molar-refractivity contribution is 7.80. The van der Waals surface area contributed by atoms with Gasteiger partial charge in [-0.05, 0) is 53.9 Å². The molecule has 0 radical (unpaired) electrons. The van der Waals surface area contributed by atoms with Crippen molar-refractivity contribution in [2.24, 2.45) is 0 Å². The van der Waals surface area contributed by atoms with E-state index in [1.54, 1.807) is 28.4 Å². The molecule has 196 valence electrons. The van der Waals surface area contributed by atoms with E-state index >= 15 is 0 Å². The molecule has 0 fully saturated rings. The summed E-state index contributed by atoms with van der Waals surface area (Å²) < 4.78 is 23.6. The number of benzene rings is 5. The van der Waals surface area contributed by atoms with Crippen molar-refractivity contribution in [3.05, 3.63) is 115 Å². The van der Waals surface area contributed by atoms with Crippen LogP contribution in [0.15, 0.2) is 115 Å². The van der Waals surface area contributed by atoms with E-state index in [2.05, 4.69) is 78.9 Å². The Morgan fingerprint density at radius 3 is 1.05 bits per heavy atom. The number of hydrogen-bond donors (Lipinski definition) is 0. The van der Waals surface area contributed by atoms with Crippen LogP contribution in [0, 0.1) is 0 Å². The van der Waals surface area contributed by atoms with Crippen molar-refractivity contribution in [1.82, 2.24) is 0 Å². The fourth-order valence-corrected chi connectivity index (χ4v) is 7.59. The molecule has 0 atom stereocenters. The minimum absolute atomic E-state index is 0.746. The van der Waals surface area contributed by atoms with E-state index in [0.717, 1.165) is 50.6 Å². The molecule has 0 amide bonds. The molecule has 0 saturated carbocycles. The van der Waals surface area contributed by atoms with Crippen LogP contribution in [0.5, 0.6) is 23.0 Å². The molecule has 5 rings (SSSR count). The van der Waals surface area contributed by atoms with Crippen LogP contribution in [-0.4, -0.2) is 28.4 Å². The molecule has 0 spiro atoms. The molecule has 0 unspecified atom stereocenters. The van der Waals surface area contributed by atoms with Gasteiger partial charge in [-0.25, -0.2) is 0 Å². The van der Waals surface area contributed by atoms with Crippen LogP contribution in [-0.2, 0) is 0 Å². The standard InChI is InChI=1S/C34H31O4P/c1-35-28-20-12-21-29(36-2)32(28)26-18-11-19-27(33-30(37-3)22-13-23-31(33)38-4)34(26)39(24-14-7-5-8-15-24)25-16-9-6-10-17-25/h5-23H,1-4H3. The monoisotopic (exact) mass is 534 g/mol. The summed E-state index contributed by atoms with van der Waals surface area (Å²) in [6.45, 7) is 0. The van der Waals surface area contributed by atoms with Crippen LogP contribution in [0.2, 0.25) is 0 Å². The molecule has 0 aliphatic carbocycles. The maximum absolute atomic E-state index is 5.90. The van der Waals surface area contributed by atoms with Crippen molar-refractivity contribution in [1.29, 1.82) is 0 Å². The lowest BCUT2D eigenvalue weighted by atomic mass is 9.96. The smallest absolute Gasteiger partial charge is 0.130 e. The average Bonchev–Trinajstić information content (AvgIpc) is 3.01. The molecule has 5 aromatic carbocycles. The van der Waals surface area contributed by atoms with E-state index in [9.17, 15) is 0 Å². The fourth-order valence-electron chi connectivity index (χ4n) is 4.98. The van der Waals surface area contributed by atoms with Gasteiger partial charge < -0.3 is 18.9 Å². The first-order chi connectivity index (χ1) is 19.2. The van der Waals surface area contributed by atoms with Gasteiger partial charge in [0.1, 0.15) is 23.0 Å². The minimum Gasteiger partial charge on any atom is -0.496 e. The van der Waals surface area contributed by atoms with Crippen LogP contribution in [0.4, 0.5) is 0 Å². The Balaban J connectivity index is 1.96. The predicted octanol–water partition coefficient (Wildman–Crippen LogP) is 6.81. The molecule has 0 aliphatic rings. The average molecular weight is 535 g/mol. The molecule has 0 heterocycles. The Labute approximate surface area is 231 Å². The Hall–Kier alpha value is -4.27. The van der Waals surface area contributed by atoms with Gasteiger partial charge >= 0.3 is 0 Å². The quantitative estimate of drug-likeness (QED) is 0.195. The zero-order valence-electron chi connectivity index (χ0n) is 22.5. The van der Waals surface area contributed by atoms with E-state index < -0.39 is 7.92 Å². The molecule has 0 bridgehead atoms. The van der Waals surface area contributed by atoms with Gasteiger partial charge in [0, 0.05) is 5.30 Å². The predicted molar refractivity (Wildman–Crippen MR) is 162 cm³/mol. The summed E-state index contributed by atoms with van der Waals surface area (Å²) in [6, 6.07) is 39.5. The van der Waals surface area contributed by atoms with Crippen LogP contribution in [0.25, 0.3) is 22.3 Å². The van der Waals surface area contributed by atoms with Crippen molar-refractivity contribution >= 4 is 23.8 Å². The summed E-state index contributed by atoms with van der Waals surface area (Å²) in [6.07, 6.45) is 0. The van der Waals surface area contributed by atoms with Crippen LogP contribution in [0.1, 0.15) is 0 Å². The Bertz CT molecular complexity index is 1390. The van der Waals surface area contributed by atoms with Gasteiger partial charge in [-0.3, -0.25) is 0 Å². The molecular weight excluding hydrogens is 503 g/mol. The Kier molecular flexibility index (Phi) is 8.15. The van der Waals surface area contributed by atoms with Gasteiger partial charge in [0.2, 0.25) is 0 Å². The molecule has 0 aromatic heterocycles. The third kappa shape index (κ3) is 5.08. The fraction of sp³-hybridized carbons (Fsp3) is 0.118. The highest BCUT2D eigenvalue weighted by atomic mass is 31.1. The normalized spacial score (nSPS) is 10.8. The summed E-state index contributed by atoms with van der Waals surface area (Å²) in [4.78, 5) is 0. The first-order valence-electron chi connectivity index (χ1n) is 12.7. The summed E-state index contributed by atoms with van der Waals surface area (Å²) in [7, 11) is 5.76. The largest absolute Gasteiger partial charge is 0.496 e. The summed E-state index contributed by atoms with van der Waals surface area (Å²) in [5.41, 5.74) is 3.89. The number of ether oxygens (including phenoxy) is 4. The van der Waals surface area contributed by atoms with E-state index in [4.69, 9.17) is 18.9 Å². The van der Waals surface area contributed by atoms with Crippen molar-refractivity contribution in [3.8, 4) is 45.3 Å². The van der Waals surface area contributed by atoms with Crippen molar-refractivity contribution < 1.29 is 18.9 Å². The molecule has 0 N–H and O–H groups in total. The molecule has 0 aliphatic heterocycles. The maximum atomic E-state index is 5.90. The zero-order chi connectivity index (χ0) is 27.2. The number of methoxy groups -OCH3 is 4. The van der Waals surface area contributed by atoms with Crippen LogP contribution in [0.3, 0.4) is 0 Å². The van der Waals surface area contributed by atoms with Gasteiger partial charge in [0.15, 0.2) is 0 Å². The second-order valence-corrected chi connectivity index (χ2v) is 10.9. The first-order valence-corrected chi connectivity index (χ1v) is 14.0. The second-order valence-electron chi connectivity index (χ2n) is 8.78. The summed E-state index contributed by atoms with van der Waals surface area (Å²) >= 11 is 0. The van der Waals surface area contributed by atoms with E-state index in [1.807, 2.05) is 36.4 Å². The maximum Gasteiger partial charge on any atom is 0.130 e. The van der Waals surface area contributed by atoms with Crippen molar-refractivity contribution in [2.45, 2.75) is 0 Å². The summed E-state index contributed by atoms with van der Waals surface area (Å²) in [5.74, 6) is 2.98. The van der Waals surface area contributed by atoms with Gasteiger partial charge in [-0.1, -0.05) is 91.0 Å². The first kappa shape index (κ1) is 26.3. The zero-order valence-corrected chi connectivity index (χ0v) is 23.4. The lowest BCUT2D eigenvalue weighted by molar-refractivity contribution is 0.397. The van der Waals surface area contributed by atoms with E-state index in [1.165, 1.54) is 10.6 Å². The molecule has 4 nitrogen and oxygen atoms in total. The van der Waals surface area contributed by atoms with Crippen LogP contribution < -0.4 is 34.9 Å². The van der Waals surface area contributed by atoms with Gasteiger partial charge in [-0.15, -0.1) is 0 Å². The lowest BCUT2D eigenvalue weighted by Gasteiger charge is -2.27. The highest BCUT2D eigenvalue weighted by Gasteiger charge is 2.29. The third-order valence-electron chi connectivity index (χ3n) is 6.68. The Morgan fingerprint density at radius 2 is 0.718 bits per heavy atom.